The van der Waals surface area contributed by atoms with Gasteiger partial charge in [-0.1, -0.05) is 76.3 Å². The van der Waals surface area contributed by atoms with E-state index >= 15 is 0 Å². The zero-order valence-electron chi connectivity index (χ0n) is 20.2. The second-order valence-electron chi connectivity index (χ2n) is 10.4. The summed E-state index contributed by atoms with van der Waals surface area (Å²) in [5.41, 5.74) is 8.76. The molecular weight excluding hydrogens is 467 g/mol. The number of fused-ring (bicyclic) bond motifs is 3. The van der Waals surface area contributed by atoms with Gasteiger partial charge in [-0.2, -0.15) is 35.4 Å². The van der Waals surface area contributed by atoms with E-state index in [0.29, 0.717) is 0 Å². The summed E-state index contributed by atoms with van der Waals surface area (Å²) in [6.07, 6.45) is 13.8. The predicted octanol–water partition coefficient (Wildman–Crippen LogP) is 1.47. The van der Waals surface area contributed by atoms with Crippen LogP contribution in [0, 0.1) is 12.1 Å². The van der Waals surface area contributed by atoms with Crippen LogP contribution in [-0.4, -0.2) is 3.81 Å². The topological polar surface area (TPSA) is 0 Å². The van der Waals surface area contributed by atoms with Gasteiger partial charge >= 0.3 is 36.6 Å². The molecule has 2 aromatic rings. The van der Waals surface area contributed by atoms with E-state index in [-0.39, 0.29) is 35.6 Å². The molecule has 0 atom stereocenters. The maximum absolute atomic E-state index is 3.53. The van der Waals surface area contributed by atoms with Crippen molar-refractivity contribution in [1.82, 2.24) is 0 Å². The van der Waals surface area contributed by atoms with Crippen molar-refractivity contribution in [2.75, 3.05) is 0 Å². The standard InChI is InChI=1S/C21H25.C5H5.C3H4.2ClH.Ti/c1-20(2,3)16-9-7-14-11-15-8-10-17(21(4,5)6)13-19(15)18(14)12-16;1-2-4-5-3-1;1-2-3-1;;;/h7,9-10,12-13H,11H2,1-6H3;1-3H,4H2;1-2H2;2*1H;/q2*-1;;;;+2/p-2. The third-order valence-electron chi connectivity index (χ3n) is 5.61. The molecule has 0 saturated heterocycles. The fourth-order valence-electron chi connectivity index (χ4n) is 3.39. The Morgan fingerprint density at radius 3 is 1.88 bits per heavy atom. The molecular formula is C29H34Cl2Ti-2. The molecule has 0 N–H and O–H groups in total. The molecule has 32 heavy (non-hydrogen) atoms. The van der Waals surface area contributed by atoms with E-state index in [0.717, 1.165) is 12.8 Å². The average Bonchev–Trinajstić information content (AvgIpc) is 3.15. The number of benzene rings is 2. The summed E-state index contributed by atoms with van der Waals surface area (Å²) in [6, 6.07) is 15.1. The van der Waals surface area contributed by atoms with E-state index < -0.39 is 0 Å². The molecule has 3 aliphatic carbocycles. The number of allylic oxidation sites excluding steroid dienone is 4. The Morgan fingerprint density at radius 1 is 0.844 bits per heavy atom. The second-order valence-corrected chi connectivity index (χ2v) is 11.5. The van der Waals surface area contributed by atoms with Crippen molar-refractivity contribution < 1.29 is 44.8 Å². The molecule has 0 nitrogen and oxygen atoms in total. The Balaban J connectivity index is 0.000000387. The summed E-state index contributed by atoms with van der Waals surface area (Å²) in [7, 11) is 0. The minimum atomic E-state index is 0. The Morgan fingerprint density at radius 2 is 1.44 bits per heavy atom. The van der Waals surface area contributed by atoms with Gasteiger partial charge in [0.05, 0.1) is 0 Å². The van der Waals surface area contributed by atoms with E-state index in [1.54, 1.807) is 3.81 Å². The molecule has 0 radical (unpaired) electrons. The average molecular weight is 501 g/mol. The summed E-state index contributed by atoms with van der Waals surface area (Å²) in [5.74, 6) is 0. The summed E-state index contributed by atoms with van der Waals surface area (Å²) in [6.45, 7) is 13.6. The van der Waals surface area contributed by atoms with Gasteiger partial charge in [0, 0.05) is 0 Å². The molecule has 0 unspecified atom stereocenters. The molecule has 0 spiro atoms. The third-order valence-corrected chi connectivity index (χ3v) is 6.39. The number of hydrogen-bond donors (Lipinski definition) is 0. The fraction of sp³-hybridized carbons (Fsp3) is 0.414. The van der Waals surface area contributed by atoms with E-state index in [9.17, 15) is 0 Å². The number of halogens is 2. The van der Waals surface area contributed by atoms with Gasteiger partial charge in [-0.25, -0.2) is 12.2 Å². The summed E-state index contributed by atoms with van der Waals surface area (Å²) < 4.78 is 1.67. The van der Waals surface area contributed by atoms with E-state index in [1.807, 2.05) is 12.2 Å². The predicted molar refractivity (Wildman–Crippen MR) is 127 cm³/mol. The normalized spacial score (nSPS) is 14.7. The van der Waals surface area contributed by atoms with Crippen LogP contribution >= 0.6 is 0 Å². The van der Waals surface area contributed by atoms with Crippen LogP contribution in [0.1, 0.15) is 83.1 Å². The van der Waals surface area contributed by atoms with Gasteiger partial charge in [-0.15, -0.1) is 12.0 Å². The minimum absolute atomic E-state index is 0. The van der Waals surface area contributed by atoms with Crippen LogP contribution in [0.25, 0.3) is 11.1 Å². The zero-order valence-corrected chi connectivity index (χ0v) is 23.3. The van der Waals surface area contributed by atoms with E-state index in [4.69, 9.17) is 0 Å². The molecule has 1 fully saturated rings. The Kier molecular flexibility index (Phi) is 10.9. The van der Waals surface area contributed by atoms with Crippen molar-refractivity contribution in [2.24, 2.45) is 0 Å². The SMILES string of the molecule is CC(C)(C)c1c[c-]c2c(c1)-c1cc(C(C)(C)C)ccc1C2.[C-]1=CC=CC1.[Cl-].[Cl-].[Ti+2]=[C]1CC1. The van der Waals surface area contributed by atoms with Crippen LogP contribution < -0.4 is 24.8 Å². The summed E-state index contributed by atoms with van der Waals surface area (Å²) >= 11 is 2.19. The van der Waals surface area contributed by atoms with Gasteiger partial charge < -0.3 is 24.8 Å². The first-order valence-corrected chi connectivity index (χ1v) is 11.8. The zero-order chi connectivity index (χ0) is 21.9. The molecule has 3 heteroatoms. The van der Waals surface area contributed by atoms with Crippen molar-refractivity contribution in [3.05, 3.63) is 83.0 Å². The molecule has 1 saturated carbocycles. The van der Waals surface area contributed by atoms with Crippen LogP contribution in [0.2, 0.25) is 0 Å². The first-order chi connectivity index (χ1) is 14.1. The third kappa shape index (κ3) is 8.14. The van der Waals surface area contributed by atoms with Gasteiger partial charge in [0.1, 0.15) is 0 Å². The summed E-state index contributed by atoms with van der Waals surface area (Å²) in [5, 5.41) is 0. The first kappa shape index (κ1) is 29.1. The van der Waals surface area contributed by atoms with Crippen LogP contribution in [0.4, 0.5) is 0 Å². The van der Waals surface area contributed by atoms with Crippen molar-refractivity contribution in [2.45, 2.75) is 78.1 Å². The van der Waals surface area contributed by atoms with Crippen LogP contribution in [0.3, 0.4) is 0 Å². The van der Waals surface area contributed by atoms with Crippen LogP contribution in [-0.2, 0) is 37.2 Å². The van der Waals surface area contributed by atoms with Gasteiger partial charge in [0.25, 0.3) is 0 Å². The molecule has 0 aliphatic heterocycles. The summed E-state index contributed by atoms with van der Waals surface area (Å²) in [4.78, 5) is 0. The molecule has 0 aromatic heterocycles. The van der Waals surface area contributed by atoms with Gasteiger partial charge in [-0.3, -0.25) is 6.08 Å². The Bertz CT molecular complexity index is 908. The van der Waals surface area contributed by atoms with Gasteiger partial charge in [0.2, 0.25) is 0 Å². The number of rotatable bonds is 0. The van der Waals surface area contributed by atoms with Crippen LogP contribution in [0.15, 0.2) is 48.6 Å². The van der Waals surface area contributed by atoms with Crippen molar-refractivity contribution in [3.63, 3.8) is 0 Å². The molecule has 3 aliphatic rings. The second kappa shape index (κ2) is 12.0. The number of hydrogen-bond acceptors (Lipinski definition) is 0. The molecule has 5 rings (SSSR count). The van der Waals surface area contributed by atoms with Crippen molar-refractivity contribution in [3.8, 4) is 11.1 Å². The van der Waals surface area contributed by atoms with Crippen molar-refractivity contribution >= 4 is 3.81 Å². The fourth-order valence-corrected chi connectivity index (χ4v) is 3.58. The molecule has 170 valence electrons. The van der Waals surface area contributed by atoms with Crippen molar-refractivity contribution in [1.29, 1.82) is 0 Å². The monoisotopic (exact) mass is 500 g/mol. The first-order valence-electron chi connectivity index (χ1n) is 11.0. The molecule has 0 amide bonds. The molecule has 0 heterocycles. The Labute approximate surface area is 219 Å². The van der Waals surface area contributed by atoms with Gasteiger partial charge in [-0.05, 0) is 17.4 Å². The Hall–Kier alpha value is -0.916. The van der Waals surface area contributed by atoms with E-state index in [1.165, 1.54) is 46.2 Å². The van der Waals surface area contributed by atoms with Crippen LogP contribution in [0.5, 0.6) is 0 Å². The quantitative estimate of drug-likeness (QED) is 0.324. The molecule has 2 aromatic carbocycles. The molecule has 0 bridgehead atoms. The van der Waals surface area contributed by atoms with Gasteiger partial charge in [0.15, 0.2) is 0 Å². The maximum atomic E-state index is 3.53. The van der Waals surface area contributed by atoms with E-state index in [2.05, 4.69) is 110 Å².